The van der Waals surface area contributed by atoms with Crippen LogP contribution in [0.3, 0.4) is 0 Å². The van der Waals surface area contributed by atoms with E-state index in [0.29, 0.717) is 16.3 Å². The lowest BCUT2D eigenvalue weighted by molar-refractivity contribution is -0.632. The lowest BCUT2D eigenvalue weighted by Gasteiger charge is -2.06. The van der Waals surface area contributed by atoms with Gasteiger partial charge in [-0.1, -0.05) is 11.6 Å². The number of nitrogens with two attached hydrogens (primary N) is 1. The number of benzene rings is 1. The molecule has 0 aliphatic heterocycles. The highest BCUT2D eigenvalue weighted by Gasteiger charge is 2.10. The van der Waals surface area contributed by atoms with E-state index in [9.17, 15) is 9.59 Å². The Balaban J connectivity index is 2.55. The molecule has 0 unspecified atom stereocenters. The van der Waals surface area contributed by atoms with Crippen molar-refractivity contribution in [2.24, 2.45) is 0 Å². The maximum atomic E-state index is 11.6. The first-order valence-electron chi connectivity index (χ1n) is 5.58. The molecule has 2 amide bonds. The lowest BCUT2D eigenvalue weighted by atomic mass is 10.2. The first kappa shape index (κ1) is 15.0. The zero-order chi connectivity index (χ0) is 14.3. The Bertz CT molecular complexity index is 525. The number of rotatable bonds is 5. The molecular formula is C12H14ClN4O2+. The molecule has 0 saturated heterocycles. The largest absolute Gasteiger partial charge is 0.354 e. The van der Waals surface area contributed by atoms with Crippen molar-refractivity contribution in [3.63, 3.8) is 0 Å². The lowest BCUT2D eigenvalue weighted by Crippen LogP contribution is -2.88. The molecule has 0 aromatic heterocycles. The summed E-state index contributed by atoms with van der Waals surface area (Å²) >= 11 is 5.80. The number of nitrogens with zero attached hydrogens (tertiary/aromatic N) is 1. The molecule has 0 spiro atoms. The number of quaternary nitrogens is 1. The molecule has 100 valence electrons. The average Bonchev–Trinajstić information content (AvgIpc) is 2.38. The fraction of sp³-hybridized carbons (Fsp3) is 0.250. The van der Waals surface area contributed by atoms with Crippen LogP contribution in [-0.2, 0) is 9.59 Å². The Labute approximate surface area is 115 Å². The third-order valence-corrected chi connectivity index (χ3v) is 2.55. The van der Waals surface area contributed by atoms with Crippen molar-refractivity contribution in [1.29, 1.82) is 5.26 Å². The number of likely N-dealkylation sites (N-methyl/N-ethyl adjacent to an activating group) is 1. The Morgan fingerprint density at radius 3 is 2.68 bits per heavy atom. The van der Waals surface area contributed by atoms with Gasteiger partial charge in [-0.15, -0.1) is 0 Å². The number of carbonyl (C=O) groups excluding carboxylic acids is 2. The molecule has 1 aromatic carbocycles. The van der Waals surface area contributed by atoms with Crippen molar-refractivity contribution in [2.75, 3.05) is 25.5 Å². The first-order chi connectivity index (χ1) is 9.06. The van der Waals surface area contributed by atoms with Crippen LogP contribution in [0.4, 0.5) is 5.69 Å². The number of carbonyl (C=O) groups is 2. The van der Waals surface area contributed by atoms with Crippen LogP contribution < -0.4 is 16.0 Å². The number of anilines is 1. The number of hydrogen-bond donors (Lipinski definition) is 3. The minimum absolute atomic E-state index is 0.0881. The predicted molar refractivity (Wildman–Crippen MR) is 70.5 cm³/mol. The molecule has 0 atom stereocenters. The summed E-state index contributed by atoms with van der Waals surface area (Å²) in [6.07, 6.45) is 0. The van der Waals surface area contributed by atoms with Gasteiger partial charge in [0.25, 0.3) is 11.8 Å². The van der Waals surface area contributed by atoms with Crippen LogP contribution in [0.5, 0.6) is 0 Å². The maximum absolute atomic E-state index is 11.6. The Kier molecular flexibility index (Phi) is 5.79. The molecule has 7 heteroatoms. The zero-order valence-corrected chi connectivity index (χ0v) is 11.1. The van der Waals surface area contributed by atoms with E-state index in [1.165, 1.54) is 19.2 Å². The topological polar surface area (TPSA) is 98.6 Å². The van der Waals surface area contributed by atoms with Crippen LogP contribution in [0.1, 0.15) is 5.56 Å². The third kappa shape index (κ3) is 4.95. The van der Waals surface area contributed by atoms with Crippen LogP contribution >= 0.6 is 11.6 Å². The number of halogens is 1. The summed E-state index contributed by atoms with van der Waals surface area (Å²) in [5, 5.41) is 15.9. The van der Waals surface area contributed by atoms with E-state index in [4.69, 9.17) is 16.9 Å². The fourth-order valence-corrected chi connectivity index (χ4v) is 1.53. The molecule has 0 bridgehead atoms. The van der Waals surface area contributed by atoms with E-state index in [2.05, 4.69) is 10.6 Å². The molecule has 1 rings (SSSR count). The second-order valence-electron chi connectivity index (χ2n) is 3.72. The van der Waals surface area contributed by atoms with Crippen molar-refractivity contribution >= 4 is 29.1 Å². The maximum Gasteiger partial charge on any atom is 0.279 e. The van der Waals surface area contributed by atoms with Crippen molar-refractivity contribution in [3.05, 3.63) is 28.8 Å². The fourth-order valence-electron chi connectivity index (χ4n) is 1.36. The van der Waals surface area contributed by atoms with Gasteiger partial charge in [0, 0.05) is 12.1 Å². The van der Waals surface area contributed by atoms with Gasteiger partial charge in [0.2, 0.25) is 0 Å². The number of nitriles is 1. The molecule has 0 aliphatic rings. The van der Waals surface area contributed by atoms with Crippen molar-refractivity contribution < 1.29 is 14.9 Å². The van der Waals surface area contributed by atoms with Gasteiger partial charge in [-0.3, -0.25) is 9.59 Å². The van der Waals surface area contributed by atoms with Crippen LogP contribution in [0.15, 0.2) is 18.2 Å². The van der Waals surface area contributed by atoms with Crippen molar-refractivity contribution in [1.82, 2.24) is 5.32 Å². The minimum Gasteiger partial charge on any atom is -0.354 e. The summed E-state index contributed by atoms with van der Waals surface area (Å²) in [6, 6.07) is 6.59. The highest BCUT2D eigenvalue weighted by atomic mass is 35.5. The van der Waals surface area contributed by atoms with E-state index in [0.717, 1.165) is 0 Å². The van der Waals surface area contributed by atoms with Gasteiger partial charge in [0.15, 0.2) is 13.1 Å². The SMILES string of the molecule is CNC(=O)C[NH2+]CC(=O)Nc1cc(Cl)ccc1C#N. The molecule has 19 heavy (non-hydrogen) atoms. The molecule has 4 N–H and O–H groups in total. The molecule has 0 fully saturated rings. The number of nitrogens with one attached hydrogen (secondary N) is 2. The number of hydrogen-bond acceptors (Lipinski definition) is 3. The summed E-state index contributed by atoms with van der Waals surface area (Å²) in [5.41, 5.74) is 0.706. The van der Waals surface area contributed by atoms with Gasteiger partial charge >= 0.3 is 0 Å². The highest BCUT2D eigenvalue weighted by Crippen LogP contribution is 2.19. The highest BCUT2D eigenvalue weighted by molar-refractivity contribution is 6.31. The van der Waals surface area contributed by atoms with Gasteiger partial charge < -0.3 is 16.0 Å². The molecule has 1 aromatic rings. The molecule has 6 nitrogen and oxygen atoms in total. The smallest absolute Gasteiger partial charge is 0.279 e. The van der Waals surface area contributed by atoms with Crippen molar-refractivity contribution in [2.45, 2.75) is 0 Å². The van der Waals surface area contributed by atoms with E-state index < -0.39 is 0 Å². The zero-order valence-electron chi connectivity index (χ0n) is 10.4. The molecule has 0 radical (unpaired) electrons. The quantitative estimate of drug-likeness (QED) is 0.676. The summed E-state index contributed by atoms with van der Waals surface area (Å²) in [5.74, 6) is -0.462. The first-order valence-corrected chi connectivity index (χ1v) is 5.96. The average molecular weight is 282 g/mol. The molecule has 0 aliphatic carbocycles. The van der Waals surface area contributed by atoms with E-state index in [1.807, 2.05) is 6.07 Å². The minimum atomic E-state index is -0.303. The van der Waals surface area contributed by atoms with Crippen LogP contribution in [0, 0.1) is 11.3 Å². The van der Waals surface area contributed by atoms with E-state index in [-0.39, 0.29) is 24.9 Å². The third-order valence-electron chi connectivity index (χ3n) is 2.31. The second kappa shape index (κ2) is 7.36. The Hall–Kier alpha value is -2.10. The van der Waals surface area contributed by atoms with Crippen LogP contribution in [-0.4, -0.2) is 32.0 Å². The Morgan fingerprint density at radius 1 is 1.37 bits per heavy atom. The summed E-state index contributed by atoms with van der Waals surface area (Å²) in [6.45, 7) is 0.259. The van der Waals surface area contributed by atoms with Gasteiger partial charge in [-0.25, -0.2) is 0 Å². The Morgan fingerprint density at radius 2 is 2.05 bits per heavy atom. The summed E-state index contributed by atoms with van der Waals surface area (Å²) in [4.78, 5) is 22.6. The second-order valence-corrected chi connectivity index (χ2v) is 4.16. The standard InChI is InChI=1S/C12H13ClN4O2/c1-15-11(18)6-16-7-12(19)17-10-4-9(13)3-2-8(10)5-14/h2-4,16H,6-7H2,1H3,(H,15,18)(H,17,19)/p+1. The van der Waals surface area contributed by atoms with Gasteiger partial charge in [0.1, 0.15) is 6.07 Å². The molecular weight excluding hydrogens is 268 g/mol. The van der Waals surface area contributed by atoms with Crippen molar-refractivity contribution in [3.8, 4) is 6.07 Å². The monoisotopic (exact) mass is 281 g/mol. The molecule has 0 heterocycles. The summed E-state index contributed by atoms with van der Waals surface area (Å²) in [7, 11) is 1.53. The normalized spacial score (nSPS) is 9.53. The van der Waals surface area contributed by atoms with Gasteiger partial charge in [-0.05, 0) is 18.2 Å². The van der Waals surface area contributed by atoms with Crippen LogP contribution in [0.25, 0.3) is 0 Å². The summed E-state index contributed by atoms with van der Waals surface area (Å²) < 4.78 is 0. The van der Waals surface area contributed by atoms with Gasteiger partial charge in [0.05, 0.1) is 11.3 Å². The molecule has 0 saturated carbocycles. The van der Waals surface area contributed by atoms with Crippen LogP contribution in [0.2, 0.25) is 5.02 Å². The van der Waals surface area contributed by atoms with Gasteiger partial charge in [-0.2, -0.15) is 5.26 Å². The van der Waals surface area contributed by atoms with E-state index >= 15 is 0 Å². The predicted octanol–water partition coefficient (Wildman–Crippen LogP) is -0.540. The van der Waals surface area contributed by atoms with E-state index in [1.54, 1.807) is 11.4 Å². The number of amides is 2.